The van der Waals surface area contributed by atoms with E-state index in [1.54, 1.807) is 24.3 Å². The van der Waals surface area contributed by atoms with E-state index >= 15 is 0 Å². The first-order valence-corrected chi connectivity index (χ1v) is 9.67. The molecule has 0 spiro atoms. The maximum absolute atomic E-state index is 12.8. The van der Waals surface area contributed by atoms with Crippen molar-refractivity contribution >= 4 is 19.5 Å². The van der Waals surface area contributed by atoms with Gasteiger partial charge in [-0.25, -0.2) is 14.2 Å². The quantitative estimate of drug-likeness (QED) is 0.290. The van der Waals surface area contributed by atoms with Crippen LogP contribution in [0.5, 0.6) is 23.0 Å². The Hall–Kier alpha value is -3.31. The van der Waals surface area contributed by atoms with Gasteiger partial charge in [0.1, 0.15) is 0 Å². The van der Waals surface area contributed by atoms with Crippen molar-refractivity contribution in [1.82, 2.24) is 0 Å². The predicted molar refractivity (Wildman–Crippen MR) is 99.3 cm³/mol. The molecular weight excluding hydrogens is 371 g/mol. The van der Waals surface area contributed by atoms with E-state index in [9.17, 15) is 14.2 Å². The van der Waals surface area contributed by atoms with Gasteiger partial charge in [-0.1, -0.05) is 37.4 Å². The van der Waals surface area contributed by atoms with Crippen LogP contribution in [0.2, 0.25) is 0 Å². The summed E-state index contributed by atoms with van der Waals surface area (Å²) < 4.78 is 33.7. The molecule has 0 aromatic heterocycles. The SMILES string of the molecule is C=CC(=O)Oc1ccccc1OP(C)(=O)Oc1ccccc1OC(=O)C=C. The maximum Gasteiger partial charge on any atom is 0.427 e. The minimum Gasteiger partial charge on any atom is -0.419 e. The molecule has 2 rings (SSSR count). The predicted octanol–water partition coefficient (Wildman–Crippen LogP) is 4.15. The van der Waals surface area contributed by atoms with Gasteiger partial charge in [-0.15, -0.1) is 0 Å². The van der Waals surface area contributed by atoms with Crippen molar-refractivity contribution < 1.29 is 32.7 Å². The summed E-state index contributed by atoms with van der Waals surface area (Å²) in [7, 11) is -3.73. The summed E-state index contributed by atoms with van der Waals surface area (Å²) in [4.78, 5) is 22.8. The fourth-order valence-corrected chi connectivity index (χ4v) is 2.95. The zero-order valence-electron chi connectivity index (χ0n) is 14.5. The molecule has 0 aliphatic heterocycles. The topological polar surface area (TPSA) is 88.1 Å². The second-order valence-corrected chi connectivity index (χ2v) is 7.01. The van der Waals surface area contributed by atoms with Crippen molar-refractivity contribution in [2.45, 2.75) is 0 Å². The van der Waals surface area contributed by atoms with Gasteiger partial charge in [0.2, 0.25) is 0 Å². The van der Waals surface area contributed by atoms with E-state index in [1.807, 2.05) is 0 Å². The number of hydrogen-bond donors (Lipinski definition) is 0. The van der Waals surface area contributed by atoms with Crippen molar-refractivity contribution in [2.75, 3.05) is 6.66 Å². The van der Waals surface area contributed by atoms with Crippen molar-refractivity contribution in [3.63, 3.8) is 0 Å². The van der Waals surface area contributed by atoms with Gasteiger partial charge in [-0.05, 0) is 24.3 Å². The molecule has 27 heavy (non-hydrogen) atoms. The largest absolute Gasteiger partial charge is 0.427 e. The van der Waals surface area contributed by atoms with E-state index in [0.717, 1.165) is 12.2 Å². The number of ether oxygens (including phenoxy) is 2. The number of carbonyl (C=O) groups excluding carboxylic acids is 2. The maximum atomic E-state index is 12.8. The van der Waals surface area contributed by atoms with E-state index in [4.69, 9.17) is 18.5 Å². The lowest BCUT2D eigenvalue weighted by Gasteiger charge is -2.19. The summed E-state index contributed by atoms with van der Waals surface area (Å²) in [6.07, 6.45) is 1.98. The Balaban J connectivity index is 2.23. The fraction of sp³-hybridized carbons (Fsp3) is 0.0526. The molecule has 0 aliphatic rings. The Kier molecular flexibility index (Phi) is 6.57. The molecule has 0 heterocycles. The number of benzene rings is 2. The lowest BCUT2D eigenvalue weighted by molar-refractivity contribution is -0.129. The number of esters is 2. The first-order valence-electron chi connectivity index (χ1n) is 7.68. The highest BCUT2D eigenvalue weighted by Gasteiger charge is 2.25. The summed E-state index contributed by atoms with van der Waals surface area (Å²) in [5, 5.41) is 0. The van der Waals surface area contributed by atoms with E-state index in [0.29, 0.717) is 0 Å². The number of carbonyl (C=O) groups is 2. The standard InChI is InChI=1S/C19H17O7P/c1-4-18(20)23-14-10-6-8-12-16(14)25-27(3,22)26-17-13-9-7-11-15(17)24-19(21)5-2/h4-13H,1-2H2,3H3. The summed E-state index contributed by atoms with van der Waals surface area (Å²) in [6, 6.07) is 12.3. The fourth-order valence-electron chi connectivity index (χ4n) is 1.90. The lowest BCUT2D eigenvalue weighted by Crippen LogP contribution is -2.07. The van der Waals surface area contributed by atoms with Crippen LogP contribution in [0, 0.1) is 0 Å². The smallest absolute Gasteiger partial charge is 0.419 e. The van der Waals surface area contributed by atoms with Gasteiger partial charge >= 0.3 is 19.5 Å². The molecule has 0 aliphatic carbocycles. The molecule has 8 heteroatoms. The van der Waals surface area contributed by atoms with E-state index < -0.39 is 19.5 Å². The third-order valence-electron chi connectivity index (χ3n) is 2.98. The highest BCUT2D eigenvalue weighted by Crippen LogP contribution is 2.49. The van der Waals surface area contributed by atoms with Crippen LogP contribution in [0.4, 0.5) is 0 Å². The highest BCUT2D eigenvalue weighted by molar-refractivity contribution is 7.53. The van der Waals surface area contributed by atoms with Crippen LogP contribution in [-0.4, -0.2) is 18.6 Å². The first-order chi connectivity index (χ1) is 12.8. The van der Waals surface area contributed by atoms with Gasteiger partial charge in [0.25, 0.3) is 0 Å². The Morgan fingerprint density at radius 3 is 1.44 bits per heavy atom. The van der Waals surface area contributed by atoms with E-state index in [1.165, 1.54) is 30.9 Å². The van der Waals surface area contributed by atoms with Gasteiger partial charge in [-0.3, -0.25) is 0 Å². The van der Waals surface area contributed by atoms with Crippen molar-refractivity contribution in [3.05, 3.63) is 73.8 Å². The normalized spacial score (nSPS) is 10.4. The molecule has 0 radical (unpaired) electrons. The summed E-state index contributed by atoms with van der Waals surface area (Å²) in [5.74, 6) is -1.20. The van der Waals surface area contributed by atoms with E-state index in [-0.39, 0.29) is 23.0 Å². The summed E-state index contributed by atoms with van der Waals surface area (Å²) in [6.45, 7) is 7.86. The van der Waals surface area contributed by atoms with Crippen molar-refractivity contribution in [1.29, 1.82) is 0 Å². The molecule has 0 unspecified atom stereocenters. The molecule has 0 bridgehead atoms. The second kappa shape index (κ2) is 8.87. The van der Waals surface area contributed by atoms with Gasteiger partial charge in [-0.2, -0.15) is 0 Å². The van der Waals surface area contributed by atoms with Gasteiger partial charge in [0, 0.05) is 12.2 Å². The number of rotatable bonds is 8. The Morgan fingerprint density at radius 1 is 0.778 bits per heavy atom. The van der Waals surface area contributed by atoms with Crippen LogP contribution in [0.15, 0.2) is 73.8 Å². The molecule has 0 fully saturated rings. The third kappa shape index (κ3) is 5.87. The van der Waals surface area contributed by atoms with Gasteiger partial charge in [0.05, 0.1) is 6.66 Å². The molecular formula is C19H17O7P. The van der Waals surface area contributed by atoms with Crippen LogP contribution >= 0.6 is 7.60 Å². The average molecular weight is 388 g/mol. The number of para-hydroxylation sites is 4. The molecule has 0 atom stereocenters. The zero-order chi connectivity index (χ0) is 19.9. The van der Waals surface area contributed by atoms with Crippen LogP contribution in [0.3, 0.4) is 0 Å². The minimum absolute atomic E-state index is 0.0408. The second-order valence-electron chi connectivity index (χ2n) is 5.10. The molecule has 0 saturated heterocycles. The molecule has 7 nitrogen and oxygen atoms in total. The van der Waals surface area contributed by atoms with Crippen molar-refractivity contribution in [3.8, 4) is 23.0 Å². The summed E-state index contributed by atoms with van der Waals surface area (Å²) >= 11 is 0. The third-order valence-corrected chi connectivity index (χ3v) is 4.04. The lowest BCUT2D eigenvalue weighted by atomic mass is 10.3. The number of hydrogen-bond acceptors (Lipinski definition) is 7. The molecule has 2 aromatic carbocycles. The van der Waals surface area contributed by atoms with Crippen molar-refractivity contribution in [2.24, 2.45) is 0 Å². The van der Waals surface area contributed by atoms with E-state index in [2.05, 4.69) is 13.2 Å². The molecule has 0 N–H and O–H groups in total. The zero-order valence-corrected chi connectivity index (χ0v) is 15.4. The molecule has 140 valence electrons. The van der Waals surface area contributed by atoms with Crippen LogP contribution in [0.1, 0.15) is 0 Å². The minimum atomic E-state index is -3.73. The van der Waals surface area contributed by atoms with Gasteiger partial charge in [0.15, 0.2) is 23.0 Å². The van der Waals surface area contributed by atoms with Crippen LogP contribution in [-0.2, 0) is 14.2 Å². The van der Waals surface area contributed by atoms with Crippen LogP contribution < -0.4 is 18.5 Å². The Labute approximate surface area is 156 Å². The molecule has 0 amide bonds. The molecule has 0 saturated carbocycles. The monoisotopic (exact) mass is 388 g/mol. The summed E-state index contributed by atoms with van der Waals surface area (Å²) in [5.41, 5.74) is 0. The van der Waals surface area contributed by atoms with Crippen LogP contribution in [0.25, 0.3) is 0 Å². The Bertz CT molecular complexity index is 848. The molecule has 2 aromatic rings. The Morgan fingerprint density at radius 2 is 1.11 bits per heavy atom. The van der Waals surface area contributed by atoms with Gasteiger partial charge < -0.3 is 18.5 Å². The average Bonchev–Trinajstić information content (AvgIpc) is 2.64. The first kappa shape index (κ1) is 20.0. The highest BCUT2D eigenvalue weighted by atomic mass is 31.2.